The molecule has 35 heavy (non-hydrogen) atoms. The summed E-state index contributed by atoms with van der Waals surface area (Å²) < 4.78 is 44.5. The summed E-state index contributed by atoms with van der Waals surface area (Å²) in [5.74, 6) is -0.0248. The standard InChI is InChI=1S/C25H16BrF3N4O2/c26-18-11-16(25(27,28)29)13-30-23(18)24-33-32-21(35-24)12-19-20(34)10-15-8-4-5-9-17(15)22(31-19)14-6-2-1-3-7-14/h1-9,11,13,19H,10,12H2. The van der Waals surface area contributed by atoms with Gasteiger partial charge in [0.15, 0.2) is 5.78 Å². The number of Topliss-reactive ketones (excluding diaryl/α,β-unsaturated/α-hetero) is 1. The highest BCUT2D eigenvalue weighted by Gasteiger charge is 2.32. The van der Waals surface area contributed by atoms with E-state index in [1.807, 2.05) is 54.6 Å². The number of halogens is 4. The molecule has 1 aliphatic heterocycles. The summed E-state index contributed by atoms with van der Waals surface area (Å²) in [6, 6.07) is 17.3. The van der Waals surface area contributed by atoms with Crippen LogP contribution in [0.15, 0.2) is 80.7 Å². The molecule has 0 N–H and O–H groups in total. The van der Waals surface area contributed by atoms with E-state index in [2.05, 4.69) is 31.1 Å². The molecule has 0 amide bonds. The first-order chi connectivity index (χ1) is 16.8. The van der Waals surface area contributed by atoms with Crippen LogP contribution < -0.4 is 0 Å². The minimum Gasteiger partial charge on any atom is -0.419 e. The zero-order chi connectivity index (χ0) is 24.6. The van der Waals surface area contributed by atoms with Gasteiger partial charge in [-0.1, -0.05) is 54.6 Å². The first kappa shape index (κ1) is 23.1. The van der Waals surface area contributed by atoms with Gasteiger partial charge in [0.2, 0.25) is 5.89 Å². The van der Waals surface area contributed by atoms with Gasteiger partial charge in [-0.2, -0.15) is 13.2 Å². The highest BCUT2D eigenvalue weighted by atomic mass is 79.9. The zero-order valence-corrected chi connectivity index (χ0v) is 19.5. The van der Waals surface area contributed by atoms with Gasteiger partial charge in [0, 0.05) is 28.2 Å². The number of hydrogen-bond donors (Lipinski definition) is 0. The molecule has 176 valence electrons. The van der Waals surface area contributed by atoms with Crippen molar-refractivity contribution in [3.05, 3.63) is 99.5 Å². The van der Waals surface area contributed by atoms with Gasteiger partial charge in [-0.3, -0.25) is 9.79 Å². The maximum atomic E-state index is 13.1. The molecule has 1 atom stereocenters. The number of carbonyl (C=O) groups excluding carboxylic acids is 1. The molecule has 3 heterocycles. The molecule has 6 nitrogen and oxygen atoms in total. The van der Waals surface area contributed by atoms with Crippen molar-refractivity contribution < 1.29 is 22.4 Å². The largest absolute Gasteiger partial charge is 0.419 e. The number of fused-ring (bicyclic) bond motifs is 1. The molecule has 2 aromatic carbocycles. The third kappa shape index (κ3) is 4.79. The number of carbonyl (C=O) groups is 1. The van der Waals surface area contributed by atoms with E-state index >= 15 is 0 Å². The van der Waals surface area contributed by atoms with Crippen molar-refractivity contribution in [2.45, 2.75) is 25.1 Å². The van der Waals surface area contributed by atoms with Crippen molar-refractivity contribution in [3.8, 4) is 11.6 Å². The van der Waals surface area contributed by atoms with E-state index in [1.54, 1.807) is 0 Å². The van der Waals surface area contributed by atoms with E-state index in [0.29, 0.717) is 11.9 Å². The molecular formula is C25H16BrF3N4O2. The summed E-state index contributed by atoms with van der Waals surface area (Å²) in [6.45, 7) is 0. The second-order valence-electron chi connectivity index (χ2n) is 7.92. The van der Waals surface area contributed by atoms with E-state index in [0.717, 1.165) is 22.8 Å². The van der Waals surface area contributed by atoms with Gasteiger partial charge in [0.1, 0.15) is 11.7 Å². The third-order valence-electron chi connectivity index (χ3n) is 5.55. The van der Waals surface area contributed by atoms with Gasteiger partial charge >= 0.3 is 6.18 Å². The molecule has 0 spiro atoms. The van der Waals surface area contributed by atoms with Crippen LogP contribution >= 0.6 is 15.9 Å². The first-order valence-corrected chi connectivity index (χ1v) is 11.4. The fourth-order valence-electron chi connectivity index (χ4n) is 3.84. The zero-order valence-electron chi connectivity index (χ0n) is 18.0. The summed E-state index contributed by atoms with van der Waals surface area (Å²) in [7, 11) is 0. The molecule has 2 aromatic heterocycles. The van der Waals surface area contributed by atoms with E-state index in [4.69, 9.17) is 9.41 Å². The molecule has 10 heteroatoms. The van der Waals surface area contributed by atoms with Gasteiger partial charge in [0.25, 0.3) is 5.89 Å². The fraction of sp³-hybridized carbons (Fsp3) is 0.160. The number of benzene rings is 2. The molecule has 0 aliphatic carbocycles. The predicted octanol–water partition coefficient (Wildman–Crippen LogP) is 5.49. The van der Waals surface area contributed by atoms with Gasteiger partial charge < -0.3 is 4.42 Å². The Hall–Kier alpha value is -3.66. The number of ketones is 1. The maximum Gasteiger partial charge on any atom is 0.417 e. The maximum absolute atomic E-state index is 13.1. The van der Waals surface area contributed by atoms with Gasteiger partial charge in [0.05, 0.1) is 17.7 Å². The molecular weight excluding hydrogens is 525 g/mol. The summed E-state index contributed by atoms with van der Waals surface area (Å²) >= 11 is 3.09. The lowest BCUT2D eigenvalue weighted by atomic mass is 9.95. The van der Waals surface area contributed by atoms with E-state index < -0.39 is 17.8 Å². The number of hydrogen-bond acceptors (Lipinski definition) is 6. The Morgan fingerprint density at radius 2 is 1.77 bits per heavy atom. The number of alkyl halides is 3. The molecule has 0 saturated carbocycles. The first-order valence-electron chi connectivity index (χ1n) is 10.6. The highest BCUT2D eigenvalue weighted by Crippen LogP contribution is 2.34. The Kier molecular flexibility index (Phi) is 6.06. The summed E-state index contributed by atoms with van der Waals surface area (Å²) in [5, 5.41) is 7.91. The van der Waals surface area contributed by atoms with Crippen LogP contribution in [0.25, 0.3) is 11.6 Å². The number of aromatic nitrogens is 3. The number of aliphatic imine (C=N–C) groups is 1. The molecule has 4 aromatic rings. The van der Waals surface area contributed by atoms with Crippen molar-refractivity contribution in [1.29, 1.82) is 0 Å². The summed E-state index contributed by atoms with van der Waals surface area (Å²) in [5.41, 5.74) is 2.52. The van der Waals surface area contributed by atoms with Crippen LogP contribution in [0, 0.1) is 0 Å². The Balaban J connectivity index is 1.46. The molecule has 1 unspecified atom stereocenters. The van der Waals surface area contributed by atoms with Crippen molar-refractivity contribution >= 4 is 27.4 Å². The Bertz CT molecular complexity index is 1430. The van der Waals surface area contributed by atoms with Crippen LogP contribution in [-0.2, 0) is 23.8 Å². The highest BCUT2D eigenvalue weighted by molar-refractivity contribution is 9.10. The average molecular weight is 541 g/mol. The summed E-state index contributed by atoms with van der Waals surface area (Å²) in [4.78, 5) is 21.7. The molecule has 0 fully saturated rings. The smallest absolute Gasteiger partial charge is 0.417 e. The van der Waals surface area contributed by atoms with Crippen LogP contribution in [0.1, 0.15) is 28.1 Å². The van der Waals surface area contributed by atoms with Crippen LogP contribution in [0.2, 0.25) is 0 Å². The van der Waals surface area contributed by atoms with Crippen molar-refractivity contribution in [2.75, 3.05) is 0 Å². The fourth-order valence-corrected chi connectivity index (χ4v) is 4.36. The molecule has 5 rings (SSSR count). The second kappa shape index (κ2) is 9.18. The molecule has 0 radical (unpaired) electrons. The van der Waals surface area contributed by atoms with Crippen LogP contribution in [0.5, 0.6) is 0 Å². The van der Waals surface area contributed by atoms with Crippen molar-refractivity contribution in [2.24, 2.45) is 4.99 Å². The molecule has 0 saturated heterocycles. The minimum atomic E-state index is -4.53. The van der Waals surface area contributed by atoms with Crippen molar-refractivity contribution in [3.63, 3.8) is 0 Å². The van der Waals surface area contributed by atoms with Crippen LogP contribution in [0.3, 0.4) is 0 Å². The van der Waals surface area contributed by atoms with Crippen molar-refractivity contribution in [1.82, 2.24) is 15.2 Å². The van der Waals surface area contributed by atoms with Gasteiger partial charge in [-0.15, -0.1) is 10.2 Å². The molecule has 0 bridgehead atoms. The minimum absolute atomic E-state index is 0.0500. The van der Waals surface area contributed by atoms with E-state index in [9.17, 15) is 18.0 Å². The van der Waals surface area contributed by atoms with Gasteiger partial charge in [-0.05, 0) is 27.6 Å². The SMILES string of the molecule is O=C1Cc2ccccc2C(c2ccccc2)=NC1Cc1nnc(-c2ncc(C(F)(F)F)cc2Br)o1. The van der Waals surface area contributed by atoms with E-state index in [-0.39, 0.29) is 40.6 Å². The van der Waals surface area contributed by atoms with E-state index in [1.165, 1.54) is 0 Å². The van der Waals surface area contributed by atoms with Crippen LogP contribution in [-0.4, -0.2) is 32.7 Å². The number of rotatable bonds is 4. The second-order valence-corrected chi connectivity index (χ2v) is 8.77. The lowest BCUT2D eigenvalue weighted by molar-refractivity contribution is -0.137. The monoisotopic (exact) mass is 540 g/mol. The Morgan fingerprint density at radius 1 is 1.03 bits per heavy atom. The average Bonchev–Trinajstić information content (AvgIpc) is 3.25. The summed E-state index contributed by atoms with van der Waals surface area (Å²) in [6.07, 6.45) is -3.57. The lowest BCUT2D eigenvalue weighted by Gasteiger charge is -2.10. The van der Waals surface area contributed by atoms with Crippen LogP contribution in [0.4, 0.5) is 13.2 Å². The predicted molar refractivity (Wildman–Crippen MR) is 125 cm³/mol. The Morgan fingerprint density at radius 3 is 2.51 bits per heavy atom. The number of nitrogens with zero attached hydrogens (tertiary/aromatic N) is 4. The quantitative estimate of drug-likeness (QED) is 0.342. The number of pyridine rings is 1. The molecule has 1 aliphatic rings. The lowest BCUT2D eigenvalue weighted by Crippen LogP contribution is -2.23. The normalized spacial score (nSPS) is 15.9. The van der Waals surface area contributed by atoms with Gasteiger partial charge in [-0.25, -0.2) is 4.98 Å². The Labute approximate surface area is 206 Å². The third-order valence-corrected chi connectivity index (χ3v) is 6.15. The topological polar surface area (TPSA) is 81.2 Å².